The molecule has 3 rings (SSSR count). The van der Waals surface area contributed by atoms with Gasteiger partial charge in [-0.15, -0.1) is 0 Å². The lowest BCUT2D eigenvalue weighted by molar-refractivity contribution is -0.112. The molecular formula is C20H21ClN2O5S. The molecule has 0 unspecified atom stereocenters. The van der Waals surface area contributed by atoms with E-state index >= 15 is 0 Å². The first-order valence-corrected chi connectivity index (χ1v) is 10.6. The number of rotatable bonds is 5. The van der Waals surface area contributed by atoms with E-state index in [0.29, 0.717) is 39.0 Å². The van der Waals surface area contributed by atoms with Gasteiger partial charge in [0.1, 0.15) is 0 Å². The molecular weight excluding hydrogens is 416 g/mol. The summed E-state index contributed by atoms with van der Waals surface area (Å²) in [6, 6.07) is 9.89. The van der Waals surface area contributed by atoms with Crippen molar-refractivity contribution in [3.63, 3.8) is 0 Å². The van der Waals surface area contributed by atoms with Crippen molar-refractivity contribution in [2.24, 2.45) is 0 Å². The third-order valence-electron chi connectivity index (χ3n) is 4.68. The summed E-state index contributed by atoms with van der Waals surface area (Å²) in [7, 11) is -1.13. The number of nitrogens with zero attached hydrogens (tertiary/aromatic N) is 1. The third kappa shape index (κ3) is 3.54. The Morgan fingerprint density at radius 1 is 1.14 bits per heavy atom. The SMILES string of the molecule is CCN1c2cc(OC)c(OC)cc2C(C)=C(C(=O)Nc2ccccc2Cl)S1(=O)=O. The molecule has 2 aromatic carbocycles. The van der Waals surface area contributed by atoms with Crippen molar-refractivity contribution in [1.29, 1.82) is 0 Å². The summed E-state index contributed by atoms with van der Waals surface area (Å²) in [6.45, 7) is 3.43. The average Bonchev–Trinajstić information content (AvgIpc) is 2.68. The zero-order valence-corrected chi connectivity index (χ0v) is 18.0. The Kier molecular flexibility index (Phi) is 5.77. The molecule has 0 bridgehead atoms. The molecule has 0 saturated heterocycles. The number of para-hydroxylation sites is 1. The van der Waals surface area contributed by atoms with E-state index < -0.39 is 15.9 Å². The Balaban J connectivity index is 2.20. The average molecular weight is 437 g/mol. The fourth-order valence-corrected chi connectivity index (χ4v) is 5.24. The normalized spacial score (nSPS) is 15.0. The molecule has 2 aromatic rings. The zero-order chi connectivity index (χ0) is 21.3. The van der Waals surface area contributed by atoms with Crippen LogP contribution in [0.4, 0.5) is 11.4 Å². The van der Waals surface area contributed by atoms with Crippen LogP contribution in [0.25, 0.3) is 5.57 Å². The number of halogens is 1. The van der Waals surface area contributed by atoms with Crippen LogP contribution in [-0.2, 0) is 14.8 Å². The number of carbonyl (C=O) groups is 1. The van der Waals surface area contributed by atoms with Crippen molar-refractivity contribution >= 4 is 44.5 Å². The van der Waals surface area contributed by atoms with Crippen LogP contribution in [-0.4, -0.2) is 35.1 Å². The summed E-state index contributed by atoms with van der Waals surface area (Å²) in [5.41, 5.74) is 1.65. The summed E-state index contributed by atoms with van der Waals surface area (Å²) in [5, 5.41) is 2.91. The molecule has 7 nitrogen and oxygen atoms in total. The molecule has 0 atom stereocenters. The number of methoxy groups -OCH3 is 2. The molecule has 1 N–H and O–H groups in total. The van der Waals surface area contributed by atoms with Gasteiger partial charge in [-0.3, -0.25) is 9.10 Å². The predicted molar refractivity (Wildman–Crippen MR) is 114 cm³/mol. The third-order valence-corrected chi connectivity index (χ3v) is 7.05. The molecule has 1 aliphatic heterocycles. The zero-order valence-electron chi connectivity index (χ0n) is 16.4. The van der Waals surface area contributed by atoms with E-state index in [4.69, 9.17) is 21.1 Å². The molecule has 0 spiro atoms. The highest BCUT2D eigenvalue weighted by Gasteiger charge is 2.39. The smallest absolute Gasteiger partial charge is 0.270 e. The topological polar surface area (TPSA) is 84.9 Å². The number of hydrogen-bond acceptors (Lipinski definition) is 5. The summed E-state index contributed by atoms with van der Waals surface area (Å²) in [5.74, 6) is 0.0815. The second-order valence-corrected chi connectivity index (χ2v) is 8.49. The van der Waals surface area contributed by atoms with Crippen LogP contribution >= 0.6 is 11.6 Å². The van der Waals surface area contributed by atoms with E-state index in [1.165, 1.54) is 18.5 Å². The number of carbonyl (C=O) groups excluding carboxylic acids is 1. The molecule has 9 heteroatoms. The lowest BCUT2D eigenvalue weighted by Gasteiger charge is -2.32. The number of benzene rings is 2. The van der Waals surface area contributed by atoms with Gasteiger partial charge in [0, 0.05) is 18.2 Å². The Labute approximate surface area is 174 Å². The number of fused-ring (bicyclic) bond motifs is 1. The van der Waals surface area contributed by atoms with Gasteiger partial charge in [-0.25, -0.2) is 8.42 Å². The van der Waals surface area contributed by atoms with Gasteiger partial charge in [0.2, 0.25) is 0 Å². The largest absolute Gasteiger partial charge is 0.493 e. The van der Waals surface area contributed by atoms with Gasteiger partial charge in [-0.1, -0.05) is 23.7 Å². The minimum atomic E-state index is -4.09. The number of sulfonamides is 1. The van der Waals surface area contributed by atoms with Crippen LogP contribution < -0.4 is 19.1 Å². The first kappa shape index (κ1) is 21.0. The van der Waals surface area contributed by atoms with E-state index in [1.807, 2.05) is 0 Å². The molecule has 0 radical (unpaired) electrons. The second kappa shape index (κ2) is 7.96. The minimum Gasteiger partial charge on any atom is -0.493 e. The van der Waals surface area contributed by atoms with Gasteiger partial charge in [0.25, 0.3) is 15.9 Å². The van der Waals surface area contributed by atoms with E-state index in [0.717, 1.165) is 0 Å². The quantitative estimate of drug-likeness (QED) is 0.768. The molecule has 1 amide bonds. The molecule has 0 aliphatic carbocycles. The standard InChI is InChI=1S/C20H21ClN2O5S/c1-5-23-16-11-18(28-4)17(27-3)10-13(16)12(2)19(29(23,25)26)20(24)22-15-9-7-6-8-14(15)21/h6-11H,5H2,1-4H3,(H,22,24). The van der Waals surface area contributed by atoms with Crippen LogP contribution in [0.5, 0.6) is 11.5 Å². The predicted octanol–water partition coefficient (Wildman–Crippen LogP) is 3.90. The van der Waals surface area contributed by atoms with E-state index in [2.05, 4.69) is 5.32 Å². The van der Waals surface area contributed by atoms with Crippen molar-refractivity contribution in [3.05, 3.63) is 51.9 Å². The number of ether oxygens (including phenoxy) is 2. The highest BCUT2D eigenvalue weighted by atomic mass is 35.5. The van der Waals surface area contributed by atoms with Gasteiger partial charge in [0.05, 0.1) is 30.6 Å². The minimum absolute atomic E-state index is 0.140. The van der Waals surface area contributed by atoms with Gasteiger partial charge in [0.15, 0.2) is 16.4 Å². The Morgan fingerprint density at radius 2 is 1.76 bits per heavy atom. The summed E-state index contributed by atoms with van der Waals surface area (Å²) >= 11 is 6.10. The number of amides is 1. The van der Waals surface area contributed by atoms with Crippen molar-refractivity contribution in [1.82, 2.24) is 0 Å². The van der Waals surface area contributed by atoms with Crippen LogP contribution in [0, 0.1) is 0 Å². The Hall–Kier alpha value is -2.71. The molecule has 1 heterocycles. The van der Waals surface area contributed by atoms with Gasteiger partial charge < -0.3 is 14.8 Å². The second-order valence-electron chi connectivity index (χ2n) is 6.28. The highest BCUT2D eigenvalue weighted by Crippen LogP contribution is 2.45. The molecule has 0 aromatic heterocycles. The molecule has 1 aliphatic rings. The van der Waals surface area contributed by atoms with Crippen LogP contribution in [0.2, 0.25) is 5.02 Å². The summed E-state index contributed by atoms with van der Waals surface area (Å²) in [6.07, 6.45) is 0. The maximum absolute atomic E-state index is 13.3. The van der Waals surface area contributed by atoms with E-state index in [-0.39, 0.29) is 11.4 Å². The number of nitrogens with one attached hydrogen (secondary N) is 1. The van der Waals surface area contributed by atoms with Crippen LogP contribution in [0.1, 0.15) is 19.4 Å². The first-order valence-electron chi connectivity index (χ1n) is 8.82. The van der Waals surface area contributed by atoms with Crippen molar-refractivity contribution < 1.29 is 22.7 Å². The maximum Gasteiger partial charge on any atom is 0.270 e. The van der Waals surface area contributed by atoms with E-state index in [9.17, 15) is 13.2 Å². The number of anilines is 2. The fourth-order valence-electron chi connectivity index (χ4n) is 3.30. The lowest BCUT2D eigenvalue weighted by Crippen LogP contribution is -2.39. The highest BCUT2D eigenvalue weighted by molar-refractivity contribution is 7.97. The van der Waals surface area contributed by atoms with Crippen molar-refractivity contribution in [3.8, 4) is 11.5 Å². The molecule has 0 fully saturated rings. The lowest BCUT2D eigenvalue weighted by atomic mass is 10.0. The van der Waals surface area contributed by atoms with Gasteiger partial charge in [-0.2, -0.15) is 0 Å². The number of hydrogen-bond donors (Lipinski definition) is 1. The van der Waals surface area contributed by atoms with Gasteiger partial charge in [-0.05, 0) is 37.6 Å². The van der Waals surface area contributed by atoms with Crippen LogP contribution in [0.3, 0.4) is 0 Å². The maximum atomic E-state index is 13.3. The molecule has 154 valence electrons. The van der Waals surface area contributed by atoms with E-state index in [1.54, 1.807) is 50.2 Å². The Morgan fingerprint density at radius 3 is 2.34 bits per heavy atom. The van der Waals surface area contributed by atoms with Crippen molar-refractivity contribution in [2.75, 3.05) is 30.4 Å². The Bertz CT molecular complexity index is 1110. The summed E-state index contributed by atoms with van der Waals surface area (Å²) < 4.78 is 38.4. The van der Waals surface area contributed by atoms with Gasteiger partial charge >= 0.3 is 0 Å². The molecule has 29 heavy (non-hydrogen) atoms. The fraction of sp³-hybridized carbons (Fsp3) is 0.250. The number of allylic oxidation sites excluding steroid dienone is 1. The summed E-state index contributed by atoms with van der Waals surface area (Å²) in [4.78, 5) is 12.7. The first-order chi connectivity index (χ1) is 13.8. The van der Waals surface area contributed by atoms with Crippen LogP contribution in [0.15, 0.2) is 41.3 Å². The monoisotopic (exact) mass is 436 g/mol. The van der Waals surface area contributed by atoms with Crippen molar-refractivity contribution in [2.45, 2.75) is 13.8 Å². The molecule has 0 saturated carbocycles.